The summed E-state index contributed by atoms with van der Waals surface area (Å²) in [5.41, 5.74) is 7.73. The molecule has 0 bridgehead atoms. The number of anilines is 2. The summed E-state index contributed by atoms with van der Waals surface area (Å²) in [5.74, 6) is -1.69. The second-order valence-corrected chi connectivity index (χ2v) is 9.70. The maximum Gasteiger partial charge on any atom is 0.269 e. The zero-order valence-corrected chi connectivity index (χ0v) is 22.6. The van der Waals surface area contributed by atoms with E-state index in [-0.39, 0.29) is 36.4 Å². The number of nitrogens with zero attached hydrogens (tertiary/aromatic N) is 5. The Labute approximate surface area is 234 Å². The van der Waals surface area contributed by atoms with Gasteiger partial charge in [-0.1, -0.05) is 23.7 Å². The molecule has 13 heteroatoms. The molecule has 0 aliphatic rings. The predicted molar refractivity (Wildman–Crippen MR) is 149 cm³/mol. The summed E-state index contributed by atoms with van der Waals surface area (Å²) in [6, 6.07) is 8.67. The Kier molecular flexibility index (Phi) is 9.02. The van der Waals surface area contributed by atoms with Crippen molar-refractivity contribution in [2.45, 2.75) is 39.0 Å². The van der Waals surface area contributed by atoms with Crippen LogP contribution in [-0.4, -0.2) is 61.4 Å². The molecule has 4 N–H and O–H groups in total. The van der Waals surface area contributed by atoms with Crippen LogP contribution < -0.4 is 16.4 Å². The van der Waals surface area contributed by atoms with Gasteiger partial charge in [-0.25, -0.2) is 14.4 Å². The average molecular weight is 567 g/mol. The number of aromatic nitrogens is 4. The fourth-order valence-electron chi connectivity index (χ4n) is 4.41. The first-order chi connectivity index (χ1) is 19.2. The Morgan fingerprint density at radius 1 is 1.18 bits per heavy atom. The third kappa shape index (κ3) is 6.41. The molecule has 0 saturated carbocycles. The molecule has 2 aromatic carbocycles. The van der Waals surface area contributed by atoms with Crippen LogP contribution in [0.4, 0.5) is 15.8 Å². The molecule has 40 heavy (non-hydrogen) atoms. The Bertz CT molecular complexity index is 1530. The van der Waals surface area contributed by atoms with Gasteiger partial charge >= 0.3 is 0 Å². The highest BCUT2D eigenvalue weighted by molar-refractivity contribution is 6.30. The van der Waals surface area contributed by atoms with Gasteiger partial charge in [0.25, 0.3) is 5.91 Å². The second kappa shape index (κ2) is 12.6. The summed E-state index contributed by atoms with van der Waals surface area (Å²) < 4.78 is 15.6. The molecule has 0 aliphatic carbocycles. The van der Waals surface area contributed by atoms with E-state index in [1.165, 1.54) is 22.0 Å². The summed E-state index contributed by atoms with van der Waals surface area (Å²) in [4.78, 5) is 47.0. The predicted octanol–water partition coefficient (Wildman–Crippen LogP) is 3.06. The number of primary amides is 1. The second-order valence-electron chi connectivity index (χ2n) is 9.30. The van der Waals surface area contributed by atoms with Crippen molar-refractivity contribution in [3.8, 4) is 0 Å². The number of halogens is 2. The number of hydrogen-bond donors (Lipinski definition) is 3. The standard InChI is InChI=1S/C27H28ClFN8O3/c1-16(2)37(20(14-38)12-31-9-17-4-3-5-22(28)25(17)29)24(39)13-36-23-7-6-18(34-19-10-32-15-33-11-19)8-21(23)26(35-36)27(30)40/h3-8,10-11,14-16,20,31,34H,9,12-13H2,1-2H3,(H2,30,40). The van der Waals surface area contributed by atoms with Gasteiger partial charge in [-0.2, -0.15) is 5.10 Å². The zero-order chi connectivity index (χ0) is 28.8. The minimum atomic E-state index is -0.837. The van der Waals surface area contributed by atoms with Crippen molar-refractivity contribution < 1.29 is 18.8 Å². The van der Waals surface area contributed by atoms with E-state index in [0.717, 1.165) is 0 Å². The third-order valence-electron chi connectivity index (χ3n) is 6.18. The highest BCUT2D eigenvalue weighted by Crippen LogP contribution is 2.25. The maximum absolute atomic E-state index is 14.2. The van der Waals surface area contributed by atoms with E-state index in [1.807, 2.05) is 0 Å². The Hall–Kier alpha value is -4.42. The fourth-order valence-corrected chi connectivity index (χ4v) is 4.60. The lowest BCUT2D eigenvalue weighted by Crippen LogP contribution is -2.51. The molecule has 0 spiro atoms. The number of fused-ring (bicyclic) bond motifs is 1. The van der Waals surface area contributed by atoms with Gasteiger partial charge in [-0.05, 0) is 38.1 Å². The quantitative estimate of drug-likeness (QED) is 0.222. The molecular formula is C27H28ClFN8O3. The van der Waals surface area contributed by atoms with Crippen molar-refractivity contribution >= 4 is 52.0 Å². The SMILES string of the molecule is CC(C)N(C(=O)Cn1nc(C(N)=O)c2cc(Nc3cncnc3)ccc21)C(C=O)CNCc1cccc(Cl)c1F. The van der Waals surface area contributed by atoms with Gasteiger partial charge in [0.2, 0.25) is 5.91 Å². The first kappa shape index (κ1) is 28.6. The van der Waals surface area contributed by atoms with Crippen molar-refractivity contribution in [1.82, 2.24) is 30.0 Å². The summed E-state index contributed by atoms with van der Waals surface area (Å²) >= 11 is 5.84. The molecule has 0 saturated heterocycles. The van der Waals surface area contributed by atoms with E-state index in [0.29, 0.717) is 34.1 Å². The number of nitrogens with one attached hydrogen (secondary N) is 2. The molecule has 0 aliphatic heterocycles. The first-order valence-electron chi connectivity index (χ1n) is 12.4. The Morgan fingerprint density at radius 3 is 2.60 bits per heavy atom. The van der Waals surface area contributed by atoms with Gasteiger partial charge in [0.15, 0.2) is 5.69 Å². The molecule has 0 radical (unpaired) electrons. The number of carbonyl (C=O) groups excluding carboxylic acids is 3. The van der Waals surface area contributed by atoms with Crippen LogP contribution in [0.2, 0.25) is 5.02 Å². The molecule has 4 rings (SSSR count). The first-order valence-corrected chi connectivity index (χ1v) is 12.8. The number of aldehydes is 1. The van der Waals surface area contributed by atoms with Crippen LogP contribution in [0.1, 0.15) is 29.9 Å². The van der Waals surface area contributed by atoms with Gasteiger partial charge in [0, 0.05) is 35.8 Å². The maximum atomic E-state index is 14.2. The summed E-state index contributed by atoms with van der Waals surface area (Å²) in [6.45, 7) is 3.53. The van der Waals surface area contributed by atoms with Gasteiger partial charge in [0.05, 0.1) is 28.6 Å². The van der Waals surface area contributed by atoms with Crippen molar-refractivity contribution in [1.29, 1.82) is 0 Å². The van der Waals surface area contributed by atoms with Gasteiger partial charge in [0.1, 0.15) is 31.0 Å². The van der Waals surface area contributed by atoms with E-state index < -0.39 is 23.7 Å². The van der Waals surface area contributed by atoms with Crippen LogP contribution in [0.3, 0.4) is 0 Å². The molecule has 11 nitrogen and oxygen atoms in total. The lowest BCUT2D eigenvalue weighted by atomic mass is 10.1. The number of nitrogens with two attached hydrogens (primary N) is 1. The number of amides is 2. The van der Waals surface area contributed by atoms with Crippen LogP contribution in [0, 0.1) is 5.82 Å². The molecule has 2 heterocycles. The zero-order valence-electron chi connectivity index (χ0n) is 21.8. The van der Waals surface area contributed by atoms with Crippen molar-refractivity contribution in [2.24, 2.45) is 5.73 Å². The van der Waals surface area contributed by atoms with Crippen LogP contribution >= 0.6 is 11.6 Å². The molecule has 1 atom stereocenters. The summed E-state index contributed by atoms with van der Waals surface area (Å²) in [6.07, 6.45) is 5.27. The summed E-state index contributed by atoms with van der Waals surface area (Å²) in [7, 11) is 0. The Morgan fingerprint density at radius 2 is 1.93 bits per heavy atom. The van der Waals surface area contributed by atoms with E-state index in [9.17, 15) is 18.8 Å². The lowest BCUT2D eigenvalue weighted by Gasteiger charge is -2.32. The minimum Gasteiger partial charge on any atom is -0.364 e. The normalized spacial score (nSPS) is 11.9. The Balaban J connectivity index is 1.53. The van der Waals surface area contributed by atoms with E-state index >= 15 is 0 Å². The van der Waals surface area contributed by atoms with Crippen LogP contribution in [0.5, 0.6) is 0 Å². The molecule has 1 unspecified atom stereocenters. The largest absolute Gasteiger partial charge is 0.364 e. The number of benzene rings is 2. The average Bonchev–Trinajstić information content (AvgIpc) is 3.28. The molecule has 2 amide bonds. The van der Waals surface area contributed by atoms with Crippen LogP contribution in [-0.2, 0) is 22.7 Å². The van der Waals surface area contributed by atoms with Crippen LogP contribution in [0.25, 0.3) is 10.9 Å². The number of carbonyl (C=O) groups is 3. The van der Waals surface area contributed by atoms with E-state index in [1.54, 1.807) is 56.6 Å². The smallest absolute Gasteiger partial charge is 0.269 e. The molecule has 2 aromatic heterocycles. The topological polar surface area (TPSA) is 148 Å². The third-order valence-corrected chi connectivity index (χ3v) is 6.47. The molecule has 208 valence electrons. The summed E-state index contributed by atoms with van der Waals surface area (Å²) in [5, 5.41) is 10.9. The highest BCUT2D eigenvalue weighted by Gasteiger charge is 2.27. The van der Waals surface area contributed by atoms with Gasteiger partial charge in [-0.15, -0.1) is 0 Å². The van der Waals surface area contributed by atoms with E-state index in [2.05, 4.69) is 25.7 Å². The minimum absolute atomic E-state index is 0.00369. The number of rotatable bonds is 12. The highest BCUT2D eigenvalue weighted by atomic mass is 35.5. The fraction of sp³-hybridized carbons (Fsp3) is 0.259. The van der Waals surface area contributed by atoms with E-state index in [4.69, 9.17) is 17.3 Å². The lowest BCUT2D eigenvalue weighted by molar-refractivity contribution is -0.139. The number of hydrogen-bond acceptors (Lipinski definition) is 8. The molecule has 0 fully saturated rings. The monoisotopic (exact) mass is 566 g/mol. The van der Waals surface area contributed by atoms with Crippen molar-refractivity contribution in [3.05, 3.63) is 77.2 Å². The van der Waals surface area contributed by atoms with Crippen LogP contribution in [0.15, 0.2) is 55.1 Å². The van der Waals surface area contributed by atoms with Gasteiger partial charge in [-0.3, -0.25) is 14.3 Å². The van der Waals surface area contributed by atoms with Crippen molar-refractivity contribution in [2.75, 3.05) is 11.9 Å². The molecule has 4 aromatic rings. The van der Waals surface area contributed by atoms with Crippen molar-refractivity contribution in [3.63, 3.8) is 0 Å². The molecular weight excluding hydrogens is 539 g/mol. The van der Waals surface area contributed by atoms with Gasteiger partial charge < -0.3 is 26.1 Å².